The topological polar surface area (TPSA) is 152 Å². The molecular formula is C2H10Mo2N2O4S2. The van der Waals surface area contributed by atoms with Gasteiger partial charge in [-0.05, 0) is 0 Å². The number of carboxylic acid groups (broad SMARTS) is 1. The number of hydrogen-bond donors (Lipinski definition) is 4. The summed E-state index contributed by atoms with van der Waals surface area (Å²) in [5.74, 6) is 0. The van der Waals surface area contributed by atoms with Gasteiger partial charge in [0.15, 0.2) is 0 Å². The molecule has 10 heteroatoms. The van der Waals surface area contributed by atoms with E-state index in [1.807, 2.05) is 0 Å². The molecule has 0 atom stereocenters. The first-order chi connectivity index (χ1) is 3.46. The molecule has 0 aliphatic heterocycles. The number of amides is 1. The number of carbonyl (C=O) groups is 1. The van der Waals surface area contributed by atoms with Crippen molar-refractivity contribution in [3.63, 3.8) is 0 Å². The first-order valence-corrected chi connectivity index (χ1v) is 2.29. The minimum Gasteiger partial charge on any atom is -0.465 e. The van der Waals surface area contributed by atoms with Crippen LogP contribution in [0.15, 0.2) is 0 Å². The van der Waals surface area contributed by atoms with Gasteiger partial charge in [0.1, 0.15) is 4.32 Å². The molecule has 0 rings (SSSR count). The van der Waals surface area contributed by atoms with E-state index in [4.69, 9.17) is 15.6 Å². The maximum atomic E-state index is 8.78. The van der Waals surface area contributed by atoms with Crippen molar-refractivity contribution in [2.75, 3.05) is 0 Å². The molecule has 12 heavy (non-hydrogen) atoms. The molecule has 0 aromatic carbocycles. The Balaban J connectivity index is -0.0000000112. The molecule has 9 N–H and O–H groups in total. The second-order valence-electron chi connectivity index (χ2n) is 0.676. The number of primary amides is 1. The number of rotatable bonds is 0. The van der Waals surface area contributed by atoms with Crippen LogP contribution < -0.4 is 11.5 Å². The van der Waals surface area contributed by atoms with Crippen molar-refractivity contribution in [1.29, 1.82) is 0 Å². The van der Waals surface area contributed by atoms with Crippen LogP contribution in [-0.4, -0.2) is 26.5 Å². The minimum absolute atomic E-state index is 0. The monoisotopic (exact) mass is 386 g/mol. The quantitative estimate of drug-likeness (QED) is 0.220. The largest absolute Gasteiger partial charge is 0.465 e. The summed E-state index contributed by atoms with van der Waals surface area (Å²) in [6, 6.07) is 0. The van der Waals surface area contributed by atoms with E-state index in [1.54, 1.807) is 0 Å². The third-order valence-corrected chi connectivity index (χ3v) is 0. The standard InChI is InChI=1S/CH3NO2.CH3NS2.2Mo.2H2O/c2*2-1(3)4;;;;/h2H2,(H,3,4);(H3,2,3,4);;;2*1H2. The van der Waals surface area contributed by atoms with E-state index in [-0.39, 0.29) is 57.4 Å². The van der Waals surface area contributed by atoms with Gasteiger partial charge in [-0.15, -0.1) is 12.6 Å². The van der Waals surface area contributed by atoms with Crippen molar-refractivity contribution in [2.24, 2.45) is 11.5 Å². The van der Waals surface area contributed by atoms with Crippen LogP contribution in [0, 0.1) is 0 Å². The van der Waals surface area contributed by atoms with Gasteiger partial charge in [0, 0.05) is 42.1 Å². The van der Waals surface area contributed by atoms with Crippen LogP contribution in [0.5, 0.6) is 0 Å². The molecule has 6 nitrogen and oxygen atoms in total. The van der Waals surface area contributed by atoms with E-state index in [9.17, 15) is 0 Å². The summed E-state index contributed by atoms with van der Waals surface area (Å²) < 4.78 is 0.194. The number of thiocarbonyl (C=S) groups is 1. The fourth-order valence-electron chi connectivity index (χ4n) is 0. The van der Waals surface area contributed by atoms with Gasteiger partial charge in [-0.25, -0.2) is 4.79 Å². The Morgan fingerprint density at radius 3 is 1.25 bits per heavy atom. The third-order valence-electron chi connectivity index (χ3n) is 0. The van der Waals surface area contributed by atoms with Gasteiger partial charge in [-0.3, -0.25) is 0 Å². The Labute approximate surface area is 109 Å². The normalized spacial score (nSPS) is 4.08. The van der Waals surface area contributed by atoms with E-state index in [0.29, 0.717) is 0 Å². The SMILES string of the molecule is NC(=O)O.NC(=S)S.O.O.[Mo].[Mo]. The van der Waals surface area contributed by atoms with Crippen molar-refractivity contribution < 1.29 is 63.0 Å². The summed E-state index contributed by atoms with van der Waals surface area (Å²) in [5, 5.41) is 7.19. The minimum atomic E-state index is -1.33. The molecule has 0 aromatic rings. The zero-order valence-corrected chi connectivity index (χ0v) is 11.4. The summed E-state index contributed by atoms with van der Waals surface area (Å²) in [4.78, 5) is 8.78. The molecule has 0 radical (unpaired) electrons. The summed E-state index contributed by atoms with van der Waals surface area (Å²) in [7, 11) is 0. The molecule has 0 spiro atoms. The molecule has 0 saturated heterocycles. The Kier molecular flexibility index (Phi) is 95.6. The zero-order valence-electron chi connectivity index (χ0n) is 5.68. The van der Waals surface area contributed by atoms with Gasteiger partial charge in [-0.2, -0.15) is 0 Å². The fourth-order valence-corrected chi connectivity index (χ4v) is 0. The molecule has 0 aliphatic rings. The summed E-state index contributed by atoms with van der Waals surface area (Å²) >= 11 is 7.65. The van der Waals surface area contributed by atoms with Crippen molar-refractivity contribution in [1.82, 2.24) is 0 Å². The second kappa shape index (κ2) is 29.8. The molecule has 0 heterocycles. The molecule has 0 aromatic heterocycles. The number of thiol groups is 1. The van der Waals surface area contributed by atoms with E-state index in [0.717, 1.165) is 0 Å². The van der Waals surface area contributed by atoms with Gasteiger partial charge in [-0.1, -0.05) is 12.2 Å². The van der Waals surface area contributed by atoms with Crippen LogP contribution in [0.4, 0.5) is 4.79 Å². The molecular weight excluding hydrogens is 372 g/mol. The Bertz CT molecular complexity index is 85.1. The van der Waals surface area contributed by atoms with Crippen molar-refractivity contribution >= 4 is 35.3 Å². The Hall–Kier alpha value is 0.807. The van der Waals surface area contributed by atoms with Crippen LogP contribution in [0.3, 0.4) is 0 Å². The Morgan fingerprint density at radius 2 is 1.25 bits per heavy atom. The van der Waals surface area contributed by atoms with E-state index < -0.39 is 6.09 Å². The van der Waals surface area contributed by atoms with Gasteiger partial charge in [0.05, 0.1) is 0 Å². The average molecular weight is 382 g/mol. The van der Waals surface area contributed by atoms with Gasteiger partial charge < -0.3 is 27.5 Å². The molecule has 76 valence electrons. The third kappa shape index (κ3) is 1600. The van der Waals surface area contributed by atoms with Crippen LogP contribution in [0.25, 0.3) is 0 Å². The average Bonchev–Trinajstić information content (AvgIpc) is 1.25. The second-order valence-corrected chi connectivity index (χ2v) is 1.90. The van der Waals surface area contributed by atoms with Crippen LogP contribution in [0.2, 0.25) is 0 Å². The van der Waals surface area contributed by atoms with Crippen molar-refractivity contribution in [3.8, 4) is 0 Å². The molecule has 0 fully saturated rings. The molecule has 0 aliphatic carbocycles. The number of nitrogens with two attached hydrogens (primary N) is 2. The predicted octanol–water partition coefficient (Wildman–Crippen LogP) is -1.87. The van der Waals surface area contributed by atoms with Gasteiger partial charge in [0.2, 0.25) is 0 Å². The molecule has 1 amide bonds. The first kappa shape index (κ1) is 38.5. The predicted molar refractivity (Wildman–Crippen MR) is 45.2 cm³/mol. The number of hydrogen-bond acceptors (Lipinski definition) is 2. The van der Waals surface area contributed by atoms with Crippen molar-refractivity contribution in [2.45, 2.75) is 0 Å². The van der Waals surface area contributed by atoms with E-state index in [2.05, 4.69) is 30.6 Å². The molecule has 0 unspecified atom stereocenters. The van der Waals surface area contributed by atoms with Gasteiger partial charge in [0.25, 0.3) is 0 Å². The summed E-state index contributed by atoms with van der Waals surface area (Å²) in [5.41, 5.74) is 8.73. The van der Waals surface area contributed by atoms with Gasteiger partial charge >= 0.3 is 6.09 Å². The van der Waals surface area contributed by atoms with E-state index in [1.165, 1.54) is 0 Å². The van der Waals surface area contributed by atoms with Crippen LogP contribution in [0.1, 0.15) is 0 Å². The van der Waals surface area contributed by atoms with Crippen molar-refractivity contribution in [3.05, 3.63) is 0 Å². The van der Waals surface area contributed by atoms with Crippen LogP contribution in [-0.2, 0) is 42.1 Å². The molecule has 0 bridgehead atoms. The Morgan fingerprint density at radius 1 is 1.25 bits per heavy atom. The van der Waals surface area contributed by atoms with E-state index >= 15 is 0 Å². The maximum absolute atomic E-state index is 8.78. The maximum Gasteiger partial charge on any atom is 0.402 e. The summed E-state index contributed by atoms with van der Waals surface area (Å²) in [6.45, 7) is 0. The zero-order chi connectivity index (χ0) is 7.15. The molecule has 0 saturated carbocycles. The smallest absolute Gasteiger partial charge is 0.402 e. The van der Waals surface area contributed by atoms with Crippen LogP contribution >= 0.6 is 24.8 Å². The fraction of sp³-hybridized carbons (Fsp3) is 0. The first-order valence-electron chi connectivity index (χ1n) is 1.43. The summed E-state index contributed by atoms with van der Waals surface area (Å²) in [6.07, 6.45) is -1.33.